The van der Waals surface area contributed by atoms with E-state index < -0.39 is 11.8 Å². The number of carboxylic acid groups (broad SMARTS) is 1. The first kappa shape index (κ1) is 11.7. The van der Waals surface area contributed by atoms with Gasteiger partial charge in [-0.15, -0.1) is 0 Å². The highest BCUT2D eigenvalue weighted by Gasteiger charge is 2.12. The first-order chi connectivity index (χ1) is 7.00. The van der Waals surface area contributed by atoms with Crippen LogP contribution in [-0.4, -0.2) is 17.7 Å². The van der Waals surface area contributed by atoms with Crippen LogP contribution < -0.4 is 4.74 Å². The van der Waals surface area contributed by atoms with Gasteiger partial charge in [0.15, 0.2) is 0 Å². The van der Waals surface area contributed by atoms with Crippen molar-refractivity contribution in [1.29, 1.82) is 0 Å². The number of hydrogen-bond donors (Lipinski definition) is 1. The Kier molecular flexibility index (Phi) is 3.85. The number of benzene rings is 1. The van der Waals surface area contributed by atoms with Gasteiger partial charge >= 0.3 is 5.97 Å². The maximum atomic E-state index is 12.8. The van der Waals surface area contributed by atoms with Crippen LogP contribution in [0.15, 0.2) is 29.3 Å². The minimum absolute atomic E-state index is 0.115. The second-order valence-electron chi connectivity index (χ2n) is 2.75. The van der Waals surface area contributed by atoms with E-state index in [1.807, 2.05) is 0 Å². The van der Waals surface area contributed by atoms with Gasteiger partial charge in [-0.25, -0.2) is 9.18 Å². The van der Waals surface area contributed by atoms with Gasteiger partial charge in [-0.3, -0.25) is 0 Å². The number of carboxylic acids is 1. The van der Waals surface area contributed by atoms with E-state index in [1.54, 1.807) is 0 Å². The number of aromatic carboxylic acids is 1. The van der Waals surface area contributed by atoms with Crippen LogP contribution in [0.25, 0.3) is 0 Å². The summed E-state index contributed by atoms with van der Waals surface area (Å²) < 4.78 is 18.5. The molecule has 0 atom stereocenters. The van der Waals surface area contributed by atoms with Gasteiger partial charge in [0.1, 0.15) is 23.7 Å². The van der Waals surface area contributed by atoms with Gasteiger partial charge in [0.25, 0.3) is 0 Å². The zero-order valence-corrected chi connectivity index (χ0v) is 9.25. The Morgan fingerprint density at radius 2 is 2.27 bits per heavy atom. The molecule has 1 rings (SSSR count). The Bertz CT molecular complexity index is 404. The van der Waals surface area contributed by atoms with Gasteiger partial charge in [-0.1, -0.05) is 22.5 Å². The molecule has 0 saturated carbocycles. The van der Waals surface area contributed by atoms with Crippen LogP contribution in [0.3, 0.4) is 0 Å². The van der Waals surface area contributed by atoms with Gasteiger partial charge in [-0.2, -0.15) is 0 Å². The van der Waals surface area contributed by atoms with E-state index in [9.17, 15) is 9.18 Å². The molecule has 15 heavy (non-hydrogen) atoms. The Balaban J connectivity index is 2.95. The lowest BCUT2D eigenvalue weighted by atomic mass is 10.2. The molecule has 80 valence electrons. The lowest BCUT2D eigenvalue weighted by Crippen LogP contribution is -2.04. The maximum absolute atomic E-state index is 12.8. The van der Waals surface area contributed by atoms with Crippen LogP contribution >= 0.6 is 15.9 Å². The molecule has 5 heteroatoms. The Morgan fingerprint density at radius 3 is 2.80 bits per heavy atom. The van der Waals surface area contributed by atoms with Crippen molar-refractivity contribution in [2.75, 3.05) is 6.61 Å². The molecule has 0 fully saturated rings. The van der Waals surface area contributed by atoms with Crippen molar-refractivity contribution in [3.05, 3.63) is 40.6 Å². The summed E-state index contributed by atoms with van der Waals surface area (Å²) in [5.41, 5.74) is -0.205. The van der Waals surface area contributed by atoms with Crippen LogP contribution in [-0.2, 0) is 0 Å². The summed E-state index contributed by atoms with van der Waals surface area (Å²) in [6.07, 6.45) is 0. The third-order valence-electron chi connectivity index (χ3n) is 1.56. The molecule has 0 aromatic heterocycles. The molecule has 0 saturated heterocycles. The monoisotopic (exact) mass is 274 g/mol. The average Bonchev–Trinajstić information content (AvgIpc) is 2.15. The van der Waals surface area contributed by atoms with Gasteiger partial charge in [-0.05, 0) is 18.2 Å². The average molecular weight is 275 g/mol. The third-order valence-corrected chi connectivity index (χ3v) is 1.79. The fourth-order valence-electron chi connectivity index (χ4n) is 0.951. The lowest BCUT2D eigenvalue weighted by Gasteiger charge is -2.07. The normalized spacial score (nSPS) is 9.73. The predicted octanol–water partition coefficient (Wildman–Crippen LogP) is 2.81. The molecule has 1 aromatic rings. The maximum Gasteiger partial charge on any atom is 0.339 e. The van der Waals surface area contributed by atoms with Crippen molar-refractivity contribution in [3.8, 4) is 5.75 Å². The first-order valence-electron chi connectivity index (χ1n) is 3.99. The van der Waals surface area contributed by atoms with Crippen molar-refractivity contribution < 1.29 is 19.0 Å². The van der Waals surface area contributed by atoms with E-state index in [0.29, 0.717) is 4.48 Å². The summed E-state index contributed by atoms with van der Waals surface area (Å²) in [5.74, 6) is -1.73. The zero-order valence-electron chi connectivity index (χ0n) is 7.67. The summed E-state index contributed by atoms with van der Waals surface area (Å²) in [6.45, 7) is 3.66. The number of rotatable bonds is 4. The Labute approximate surface area is 94.3 Å². The number of ether oxygens (including phenoxy) is 1. The van der Waals surface area contributed by atoms with E-state index in [1.165, 1.54) is 6.07 Å². The number of hydrogen-bond acceptors (Lipinski definition) is 2. The first-order valence-corrected chi connectivity index (χ1v) is 4.79. The van der Waals surface area contributed by atoms with E-state index in [4.69, 9.17) is 9.84 Å². The molecule has 0 spiro atoms. The molecule has 0 radical (unpaired) electrons. The third kappa shape index (κ3) is 3.36. The summed E-state index contributed by atoms with van der Waals surface area (Å²) in [6, 6.07) is 3.32. The van der Waals surface area contributed by atoms with Crippen LogP contribution in [0, 0.1) is 5.82 Å². The van der Waals surface area contributed by atoms with Crippen molar-refractivity contribution in [2.45, 2.75) is 0 Å². The van der Waals surface area contributed by atoms with Crippen LogP contribution in [0.4, 0.5) is 4.39 Å². The van der Waals surface area contributed by atoms with E-state index in [2.05, 4.69) is 22.5 Å². The number of halogens is 2. The predicted molar refractivity (Wildman–Crippen MR) is 56.9 cm³/mol. The number of carbonyl (C=O) groups is 1. The highest BCUT2D eigenvalue weighted by Crippen LogP contribution is 2.20. The molecule has 0 amide bonds. The van der Waals surface area contributed by atoms with Crippen molar-refractivity contribution in [2.24, 2.45) is 0 Å². The lowest BCUT2D eigenvalue weighted by molar-refractivity contribution is 0.0692. The van der Waals surface area contributed by atoms with Crippen LogP contribution in [0.2, 0.25) is 0 Å². The van der Waals surface area contributed by atoms with E-state index in [-0.39, 0.29) is 17.9 Å². The smallest absolute Gasteiger partial charge is 0.339 e. The molecule has 1 N–H and O–H groups in total. The highest BCUT2D eigenvalue weighted by atomic mass is 79.9. The van der Waals surface area contributed by atoms with E-state index >= 15 is 0 Å². The largest absolute Gasteiger partial charge is 0.487 e. The topological polar surface area (TPSA) is 46.5 Å². The Hall–Kier alpha value is -1.36. The second kappa shape index (κ2) is 4.93. The van der Waals surface area contributed by atoms with Gasteiger partial charge < -0.3 is 9.84 Å². The van der Waals surface area contributed by atoms with Crippen LogP contribution in [0.5, 0.6) is 5.75 Å². The molecular formula is C10H8BrFO3. The molecule has 3 nitrogen and oxygen atoms in total. The van der Waals surface area contributed by atoms with Gasteiger partial charge in [0.05, 0.1) is 0 Å². The highest BCUT2D eigenvalue weighted by molar-refractivity contribution is 9.11. The molecule has 0 aliphatic heterocycles. The minimum atomic E-state index is -1.23. The summed E-state index contributed by atoms with van der Waals surface area (Å²) in [7, 11) is 0. The summed E-state index contributed by atoms with van der Waals surface area (Å²) in [5, 5.41) is 8.77. The molecule has 0 aliphatic carbocycles. The standard InChI is InChI=1S/C10H8BrFO3/c1-6(11)5-15-9-3-2-7(12)4-8(9)10(13)14/h2-4H,1,5H2,(H,13,14). The Morgan fingerprint density at radius 1 is 1.60 bits per heavy atom. The molecule has 0 unspecified atom stereocenters. The van der Waals surface area contributed by atoms with Crippen molar-refractivity contribution in [1.82, 2.24) is 0 Å². The fraction of sp³-hybridized carbons (Fsp3) is 0.100. The molecule has 0 aliphatic rings. The fourth-order valence-corrected chi connectivity index (χ4v) is 1.07. The summed E-state index contributed by atoms with van der Waals surface area (Å²) in [4.78, 5) is 10.7. The van der Waals surface area contributed by atoms with E-state index in [0.717, 1.165) is 12.1 Å². The summed E-state index contributed by atoms with van der Waals surface area (Å²) >= 11 is 3.07. The molecule has 0 heterocycles. The molecular weight excluding hydrogens is 267 g/mol. The van der Waals surface area contributed by atoms with Gasteiger partial charge in [0.2, 0.25) is 0 Å². The SMILES string of the molecule is C=C(Br)COc1ccc(F)cc1C(=O)O. The molecule has 1 aromatic carbocycles. The van der Waals surface area contributed by atoms with Crippen molar-refractivity contribution in [3.63, 3.8) is 0 Å². The minimum Gasteiger partial charge on any atom is -0.487 e. The second-order valence-corrected chi connectivity index (χ2v) is 3.87. The van der Waals surface area contributed by atoms with Gasteiger partial charge in [0, 0.05) is 4.48 Å². The van der Waals surface area contributed by atoms with Crippen molar-refractivity contribution >= 4 is 21.9 Å². The zero-order chi connectivity index (χ0) is 11.4. The quantitative estimate of drug-likeness (QED) is 0.919. The van der Waals surface area contributed by atoms with Crippen LogP contribution in [0.1, 0.15) is 10.4 Å². The molecule has 0 bridgehead atoms.